The average molecular weight is 248 g/mol. The van der Waals surface area contributed by atoms with Crippen LogP contribution in [0.1, 0.15) is 55.8 Å². The van der Waals surface area contributed by atoms with E-state index < -0.39 is 0 Å². The zero-order valence-electron chi connectivity index (χ0n) is 11.4. The molecule has 1 fully saturated rings. The van der Waals surface area contributed by atoms with Crippen molar-refractivity contribution in [2.24, 2.45) is 0 Å². The molecule has 1 aromatic heterocycles. The number of hydrogen-bond donors (Lipinski definition) is 2. The SMILES string of the molecule is CNc1cnc(C(C)C)nc1C(=O)NC1(C)CC1. The number of nitrogens with zero attached hydrogens (tertiary/aromatic N) is 2. The van der Waals surface area contributed by atoms with Crippen molar-refractivity contribution in [3.8, 4) is 0 Å². The third kappa shape index (κ3) is 2.60. The number of amides is 1. The predicted octanol–water partition coefficient (Wildman–Crippen LogP) is 1.92. The molecular weight excluding hydrogens is 228 g/mol. The first-order valence-electron chi connectivity index (χ1n) is 6.32. The summed E-state index contributed by atoms with van der Waals surface area (Å²) in [5, 5.41) is 5.98. The summed E-state index contributed by atoms with van der Waals surface area (Å²) >= 11 is 0. The second kappa shape index (κ2) is 4.55. The van der Waals surface area contributed by atoms with Crippen LogP contribution in [-0.2, 0) is 0 Å². The number of hydrogen-bond acceptors (Lipinski definition) is 4. The second-order valence-electron chi connectivity index (χ2n) is 5.41. The minimum absolute atomic E-state index is 0.0367. The Morgan fingerprint density at radius 2 is 2.11 bits per heavy atom. The van der Waals surface area contributed by atoms with Gasteiger partial charge in [-0.05, 0) is 19.8 Å². The standard InChI is InChI=1S/C13H20N4O/c1-8(2)11-15-7-9(14-4)10(16-11)12(18)17-13(3)5-6-13/h7-8,14H,5-6H2,1-4H3,(H,17,18). The molecule has 0 aromatic carbocycles. The van der Waals surface area contributed by atoms with Gasteiger partial charge in [-0.25, -0.2) is 9.97 Å². The molecule has 2 rings (SSSR count). The molecule has 0 spiro atoms. The Morgan fingerprint density at radius 1 is 1.44 bits per heavy atom. The van der Waals surface area contributed by atoms with Gasteiger partial charge in [-0.1, -0.05) is 13.8 Å². The van der Waals surface area contributed by atoms with Crippen LogP contribution in [0.2, 0.25) is 0 Å². The molecule has 1 saturated carbocycles. The Balaban J connectivity index is 2.28. The summed E-state index contributed by atoms with van der Waals surface area (Å²) in [6.07, 6.45) is 3.75. The number of nitrogens with one attached hydrogen (secondary N) is 2. The van der Waals surface area contributed by atoms with Gasteiger partial charge < -0.3 is 10.6 Å². The first-order valence-corrected chi connectivity index (χ1v) is 6.32. The minimum Gasteiger partial charge on any atom is -0.385 e. The van der Waals surface area contributed by atoms with E-state index in [1.54, 1.807) is 13.2 Å². The maximum Gasteiger partial charge on any atom is 0.272 e. The van der Waals surface area contributed by atoms with E-state index in [2.05, 4.69) is 27.5 Å². The van der Waals surface area contributed by atoms with Gasteiger partial charge in [0, 0.05) is 18.5 Å². The Labute approximate surface area is 107 Å². The molecule has 1 heterocycles. The van der Waals surface area contributed by atoms with E-state index in [0.717, 1.165) is 12.8 Å². The second-order valence-corrected chi connectivity index (χ2v) is 5.41. The first-order chi connectivity index (χ1) is 8.45. The fourth-order valence-electron chi connectivity index (χ4n) is 1.68. The Hall–Kier alpha value is -1.65. The maximum absolute atomic E-state index is 12.2. The van der Waals surface area contributed by atoms with E-state index in [-0.39, 0.29) is 17.4 Å². The van der Waals surface area contributed by atoms with Crippen LogP contribution in [0.15, 0.2) is 6.20 Å². The lowest BCUT2D eigenvalue weighted by Crippen LogP contribution is -2.35. The molecule has 0 atom stereocenters. The molecule has 98 valence electrons. The van der Waals surface area contributed by atoms with Gasteiger partial charge >= 0.3 is 0 Å². The van der Waals surface area contributed by atoms with Gasteiger partial charge in [0.25, 0.3) is 5.91 Å². The number of aromatic nitrogens is 2. The molecule has 0 saturated heterocycles. The molecule has 18 heavy (non-hydrogen) atoms. The van der Waals surface area contributed by atoms with Crippen molar-refractivity contribution in [2.75, 3.05) is 12.4 Å². The highest BCUT2D eigenvalue weighted by Gasteiger charge is 2.39. The lowest BCUT2D eigenvalue weighted by atomic mass is 10.2. The van der Waals surface area contributed by atoms with Crippen LogP contribution in [0.25, 0.3) is 0 Å². The largest absolute Gasteiger partial charge is 0.385 e. The molecule has 0 aliphatic heterocycles. The van der Waals surface area contributed by atoms with Gasteiger partial charge in [0.15, 0.2) is 5.69 Å². The first kappa shape index (κ1) is 12.8. The number of carbonyl (C=O) groups is 1. The van der Waals surface area contributed by atoms with E-state index in [4.69, 9.17) is 0 Å². The minimum atomic E-state index is -0.122. The summed E-state index contributed by atoms with van der Waals surface area (Å²) in [6, 6.07) is 0. The number of carbonyl (C=O) groups excluding carboxylic acids is 1. The van der Waals surface area contributed by atoms with Crippen molar-refractivity contribution in [1.29, 1.82) is 0 Å². The highest BCUT2D eigenvalue weighted by molar-refractivity contribution is 5.98. The molecule has 0 radical (unpaired) electrons. The lowest BCUT2D eigenvalue weighted by molar-refractivity contribution is 0.0931. The van der Waals surface area contributed by atoms with E-state index in [9.17, 15) is 4.79 Å². The quantitative estimate of drug-likeness (QED) is 0.854. The van der Waals surface area contributed by atoms with Crippen LogP contribution >= 0.6 is 0 Å². The molecule has 0 unspecified atom stereocenters. The van der Waals surface area contributed by atoms with Crippen molar-refractivity contribution in [2.45, 2.75) is 45.1 Å². The predicted molar refractivity (Wildman–Crippen MR) is 70.8 cm³/mol. The molecule has 0 bridgehead atoms. The van der Waals surface area contributed by atoms with Crippen molar-refractivity contribution in [3.05, 3.63) is 17.7 Å². The van der Waals surface area contributed by atoms with Crippen molar-refractivity contribution in [1.82, 2.24) is 15.3 Å². The summed E-state index contributed by atoms with van der Waals surface area (Å²) in [7, 11) is 1.77. The van der Waals surface area contributed by atoms with Gasteiger partial charge in [0.2, 0.25) is 0 Å². The molecule has 1 amide bonds. The topological polar surface area (TPSA) is 66.9 Å². The number of anilines is 1. The summed E-state index contributed by atoms with van der Waals surface area (Å²) in [5.41, 5.74) is 1.07. The Morgan fingerprint density at radius 3 is 2.61 bits per heavy atom. The Kier molecular flexibility index (Phi) is 3.24. The summed E-state index contributed by atoms with van der Waals surface area (Å²) in [5.74, 6) is 0.780. The van der Waals surface area contributed by atoms with Gasteiger partial charge in [-0.2, -0.15) is 0 Å². The lowest BCUT2D eigenvalue weighted by Gasteiger charge is -2.14. The van der Waals surface area contributed by atoms with Gasteiger partial charge in [-0.3, -0.25) is 4.79 Å². The van der Waals surface area contributed by atoms with Crippen molar-refractivity contribution >= 4 is 11.6 Å². The third-order valence-corrected chi connectivity index (χ3v) is 3.22. The zero-order chi connectivity index (χ0) is 13.3. The fourth-order valence-corrected chi connectivity index (χ4v) is 1.68. The molecular formula is C13H20N4O. The third-order valence-electron chi connectivity index (χ3n) is 3.22. The van der Waals surface area contributed by atoms with Crippen LogP contribution in [0.4, 0.5) is 5.69 Å². The van der Waals surface area contributed by atoms with E-state index in [1.807, 2.05) is 13.8 Å². The molecule has 1 aromatic rings. The molecule has 5 heteroatoms. The van der Waals surface area contributed by atoms with Crippen LogP contribution in [0, 0.1) is 0 Å². The van der Waals surface area contributed by atoms with Gasteiger partial charge in [0.05, 0.1) is 11.9 Å². The molecule has 5 nitrogen and oxygen atoms in total. The smallest absolute Gasteiger partial charge is 0.272 e. The monoisotopic (exact) mass is 248 g/mol. The molecule has 1 aliphatic rings. The van der Waals surface area contributed by atoms with Crippen LogP contribution in [0.3, 0.4) is 0 Å². The maximum atomic E-state index is 12.2. The fraction of sp³-hybridized carbons (Fsp3) is 0.615. The summed E-state index contributed by atoms with van der Waals surface area (Å²) in [6.45, 7) is 6.07. The average Bonchev–Trinajstić information content (AvgIpc) is 3.05. The summed E-state index contributed by atoms with van der Waals surface area (Å²) < 4.78 is 0. The van der Waals surface area contributed by atoms with Crippen LogP contribution < -0.4 is 10.6 Å². The summed E-state index contributed by atoms with van der Waals surface area (Å²) in [4.78, 5) is 20.8. The molecule has 1 aliphatic carbocycles. The Bertz CT molecular complexity index is 466. The van der Waals surface area contributed by atoms with Crippen molar-refractivity contribution < 1.29 is 4.79 Å². The van der Waals surface area contributed by atoms with Gasteiger partial charge in [-0.15, -0.1) is 0 Å². The van der Waals surface area contributed by atoms with E-state index in [0.29, 0.717) is 17.2 Å². The van der Waals surface area contributed by atoms with Crippen LogP contribution in [-0.4, -0.2) is 28.5 Å². The van der Waals surface area contributed by atoms with E-state index >= 15 is 0 Å². The normalized spacial score (nSPS) is 16.5. The number of rotatable bonds is 4. The van der Waals surface area contributed by atoms with Crippen LogP contribution in [0.5, 0.6) is 0 Å². The van der Waals surface area contributed by atoms with Crippen molar-refractivity contribution in [3.63, 3.8) is 0 Å². The highest BCUT2D eigenvalue weighted by Crippen LogP contribution is 2.34. The highest BCUT2D eigenvalue weighted by atomic mass is 16.2. The zero-order valence-corrected chi connectivity index (χ0v) is 11.4. The molecule has 2 N–H and O–H groups in total. The van der Waals surface area contributed by atoms with Gasteiger partial charge in [0.1, 0.15) is 5.82 Å². The van der Waals surface area contributed by atoms with E-state index in [1.165, 1.54) is 0 Å².